The molecule has 0 radical (unpaired) electrons. The maximum atomic E-state index is 12.3. The number of likely N-dealkylation sites (N-methyl/N-ethyl adjacent to an activating group) is 1. The van der Waals surface area contributed by atoms with Crippen molar-refractivity contribution in [3.8, 4) is 5.69 Å². The average Bonchev–Trinajstić information content (AvgIpc) is 2.88. The van der Waals surface area contributed by atoms with E-state index in [0.717, 1.165) is 38.2 Å². The fourth-order valence-corrected chi connectivity index (χ4v) is 4.03. The second-order valence-corrected chi connectivity index (χ2v) is 7.15. The largest absolute Gasteiger partial charge is 0.341 e. The Kier molecular flexibility index (Phi) is 3.88. The molecule has 3 fully saturated rings. The highest BCUT2D eigenvalue weighted by molar-refractivity contribution is 5.80. The maximum Gasteiger partial charge on any atom is 0.227 e. The molecule has 3 aliphatic heterocycles. The molecule has 24 heavy (non-hydrogen) atoms. The number of para-hydroxylation sites is 1. The number of piperidine rings is 1. The predicted octanol–water partition coefficient (Wildman–Crippen LogP) is 2.23. The smallest absolute Gasteiger partial charge is 0.227 e. The first kappa shape index (κ1) is 15.4. The highest BCUT2D eigenvalue weighted by atomic mass is 16.2. The molecule has 0 spiro atoms. The third-order valence-electron chi connectivity index (χ3n) is 5.44. The second kappa shape index (κ2) is 6.06. The molecule has 5 rings (SSSR count). The van der Waals surface area contributed by atoms with Crippen molar-refractivity contribution in [2.45, 2.75) is 32.4 Å². The fraction of sp³-hybridized carbons (Fsp3) is 0.474. The van der Waals surface area contributed by atoms with Crippen molar-refractivity contribution in [1.82, 2.24) is 19.6 Å². The number of amides is 1. The molecule has 2 aromatic rings. The quantitative estimate of drug-likeness (QED) is 0.869. The molecular weight excluding hydrogens is 300 g/mol. The van der Waals surface area contributed by atoms with Gasteiger partial charge in [-0.15, -0.1) is 0 Å². The van der Waals surface area contributed by atoms with Crippen LogP contribution >= 0.6 is 0 Å². The minimum Gasteiger partial charge on any atom is -0.341 e. The van der Waals surface area contributed by atoms with Crippen molar-refractivity contribution >= 4 is 5.91 Å². The Bertz CT molecular complexity index is 753. The number of aryl methyl sites for hydroxylation is 1. The molecule has 3 saturated heterocycles. The highest BCUT2D eigenvalue weighted by Gasteiger charge is 2.38. The second-order valence-electron chi connectivity index (χ2n) is 7.15. The van der Waals surface area contributed by atoms with Crippen molar-refractivity contribution in [2.24, 2.45) is 5.92 Å². The summed E-state index contributed by atoms with van der Waals surface area (Å²) in [5.41, 5.74) is 3.54. The van der Waals surface area contributed by atoms with Crippen LogP contribution in [0, 0.1) is 12.8 Å². The van der Waals surface area contributed by atoms with Gasteiger partial charge in [-0.25, -0.2) is 4.68 Å². The van der Waals surface area contributed by atoms with E-state index in [2.05, 4.69) is 35.3 Å². The first-order valence-electron chi connectivity index (χ1n) is 8.70. The minimum absolute atomic E-state index is 0.167. The van der Waals surface area contributed by atoms with Crippen LogP contribution in [-0.2, 0) is 11.3 Å². The number of nitrogens with zero attached hydrogens (tertiary/aromatic N) is 4. The number of aromatic nitrogens is 2. The summed E-state index contributed by atoms with van der Waals surface area (Å²) in [6.07, 6.45) is 6.23. The Labute approximate surface area is 142 Å². The molecular formula is C19H24N4O. The Hall–Kier alpha value is -2.14. The zero-order valence-corrected chi connectivity index (χ0v) is 14.4. The van der Waals surface area contributed by atoms with E-state index in [-0.39, 0.29) is 5.92 Å². The Morgan fingerprint density at radius 3 is 2.88 bits per heavy atom. The van der Waals surface area contributed by atoms with Crippen LogP contribution in [0.15, 0.2) is 36.7 Å². The number of hydrogen-bond acceptors (Lipinski definition) is 3. The molecule has 0 aliphatic carbocycles. The lowest BCUT2D eigenvalue weighted by molar-refractivity contribution is -0.138. The van der Waals surface area contributed by atoms with Crippen LogP contribution in [0.3, 0.4) is 0 Å². The number of rotatable bonds is 3. The topological polar surface area (TPSA) is 41.4 Å². The standard InChI is InChI=1S/C19H24N4O/c1-14-5-3-4-6-18(14)23-11-15(9-20-23)10-22-12-16-7-8-17(13-22)21(2)19(16)24/h3-6,9,11,16-17H,7-8,10,12-13H2,1-2H3/t16-,17+/m1/s1. The van der Waals surface area contributed by atoms with E-state index in [4.69, 9.17) is 0 Å². The molecule has 0 N–H and O–H groups in total. The zero-order valence-electron chi connectivity index (χ0n) is 14.4. The number of fused-ring (bicyclic) bond motifs is 4. The molecule has 5 heteroatoms. The van der Waals surface area contributed by atoms with E-state index in [9.17, 15) is 4.79 Å². The number of benzene rings is 1. The first-order valence-corrected chi connectivity index (χ1v) is 8.70. The van der Waals surface area contributed by atoms with Gasteiger partial charge in [-0.05, 0) is 31.4 Å². The monoisotopic (exact) mass is 324 g/mol. The van der Waals surface area contributed by atoms with Gasteiger partial charge >= 0.3 is 0 Å². The molecule has 3 aliphatic rings. The van der Waals surface area contributed by atoms with Crippen LogP contribution in [0.5, 0.6) is 0 Å². The summed E-state index contributed by atoms with van der Waals surface area (Å²) in [7, 11) is 1.96. The van der Waals surface area contributed by atoms with Gasteiger partial charge < -0.3 is 4.90 Å². The molecule has 0 saturated carbocycles. The van der Waals surface area contributed by atoms with E-state index in [1.807, 2.05) is 35.0 Å². The highest BCUT2D eigenvalue weighted by Crippen LogP contribution is 2.28. The first-order chi connectivity index (χ1) is 11.6. The Morgan fingerprint density at radius 2 is 2.04 bits per heavy atom. The molecule has 126 valence electrons. The molecule has 2 atom stereocenters. The van der Waals surface area contributed by atoms with Crippen LogP contribution in [-0.4, -0.2) is 51.7 Å². The molecule has 1 aromatic heterocycles. The number of hydrogen-bond donors (Lipinski definition) is 0. The van der Waals surface area contributed by atoms with Crippen LogP contribution in [0.1, 0.15) is 24.0 Å². The number of carbonyl (C=O) groups excluding carboxylic acids is 1. The summed E-state index contributed by atoms with van der Waals surface area (Å²) in [4.78, 5) is 16.7. The third kappa shape index (κ3) is 2.73. The van der Waals surface area contributed by atoms with Gasteiger partial charge in [-0.1, -0.05) is 18.2 Å². The predicted molar refractivity (Wildman–Crippen MR) is 92.9 cm³/mol. The van der Waals surface area contributed by atoms with Crippen LogP contribution in [0.4, 0.5) is 0 Å². The van der Waals surface area contributed by atoms with Crippen molar-refractivity contribution < 1.29 is 4.79 Å². The molecule has 4 heterocycles. The van der Waals surface area contributed by atoms with E-state index in [1.54, 1.807) is 0 Å². The van der Waals surface area contributed by atoms with Gasteiger partial charge in [-0.2, -0.15) is 5.10 Å². The summed E-state index contributed by atoms with van der Waals surface area (Å²) in [5.74, 6) is 0.490. The van der Waals surface area contributed by atoms with E-state index in [1.165, 1.54) is 11.1 Å². The zero-order chi connectivity index (χ0) is 16.7. The fourth-order valence-electron chi connectivity index (χ4n) is 4.03. The summed E-state index contributed by atoms with van der Waals surface area (Å²) in [6.45, 7) is 4.80. The van der Waals surface area contributed by atoms with Gasteiger partial charge in [0.15, 0.2) is 0 Å². The van der Waals surface area contributed by atoms with Gasteiger partial charge in [-0.3, -0.25) is 9.69 Å². The normalized spacial score (nSPS) is 24.4. The summed E-state index contributed by atoms with van der Waals surface area (Å²) in [6, 6.07) is 8.64. The Balaban J connectivity index is 1.51. The molecule has 1 aromatic carbocycles. The van der Waals surface area contributed by atoms with E-state index < -0.39 is 0 Å². The van der Waals surface area contributed by atoms with Crippen molar-refractivity contribution in [2.75, 3.05) is 20.1 Å². The number of carbonyl (C=O) groups is 1. The van der Waals surface area contributed by atoms with E-state index in [0.29, 0.717) is 11.9 Å². The van der Waals surface area contributed by atoms with Crippen LogP contribution < -0.4 is 0 Å². The van der Waals surface area contributed by atoms with Gasteiger partial charge in [0.25, 0.3) is 0 Å². The SMILES string of the molecule is Cc1ccccc1-n1cc(CN2C[C@H]3CC[C@@H](C2)N(C)C3=O)cn1. The lowest BCUT2D eigenvalue weighted by atomic mass is 9.95. The van der Waals surface area contributed by atoms with Crippen molar-refractivity contribution in [3.63, 3.8) is 0 Å². The third-order valence-corrected chi connectivity index (χ3v) is 5.44. The Morgan fingerprint density at radius 1 is 1.21 bits per heavy atom. The lowest BCUT2D eigenvalue weighted by Gasteiger charge is -2.32. The summed E-state index contributed by atoms with van der Waals surface area (Å²) in [5, 5.41) is 4.53. The lowest BCUT2D eigenvalue weighted by Crippen LogP contribution is -2.45. The van der Waals surface area contributed by atoms with Crippen molar-refractivity contribution in [1.29, 1.82) is 0 Å². The molecule has 2 bridgehead atoms. The van der Waals surface area contributed by atoms with Gasteiger partial charge in [0.2, 0.25) is 5.91 Å². The summed E-state index contributed by atoms with van der Waals surface area (Å²) < 4.78 is 1.95. The molecule has 0 unspecified atom stereocenters. The van der Waals surface area contributed by atoms with E-state index >= 15 is 0 Å². The molecule has 5 nitrogen and oxygen atoms in total. The van der Waals surface area contributed by atoms with Crippen LogP contribution in [0.2, 0.25) is 0 Å². The van der Waals surface area contributed by atoms with Gasteiger partial charge in [0, 0.05) is 44.5 Å². The summed E-state index contributed by atoms with van der Waals surface area (Å²) >= 11 is 0. The van der Waals surface area contributed by atoms with Gasteiger partial charge in [0.05, 0.1) is 17.8 Å². The maximum absolute atomic E-state index is 12.3. The van der Waals surface area contributed by atoms with Crippen LogP contribution in [0.25, 0.3) is 5.69 Å². The van der Waals surface area contributed by atoms with Crippen molar-refractivity contribution in [3.05, 3.63) is 47.8 Å². The van der Waals surface area contributed by atoms with Gasteiger partial charge in [0.1, 0.15) is 0 Å². The average molecular weight is 324 g/mol. The minimum atomic E-state index is 0.167. The molecule has 1 amide bonds.